The molecular formula is C14H26ClNO2. The number of unbranched alkanes of at least 4 members (excludes halogenated alkanes) is 4. The van der Waals surface area contributed by atoms with E-state index in [1.54, 1.807) is 0 Å². The summed E-state index contributed by atoms with van der Waals surface area (Å²) in [5, 5.41) is 0. The van der Waals surface area contributed by atoms with E-state index in [1.807, 2.05) is 11.8 Å². The smallest absolute Gasteiger partial charge is 0.222 e. The third-order valence-electron chi connectivity index (χ3n) is 3.35. The lowest BCUT2D eigenvalue weighted by molar-refractivity contribution is -0.143. The van der Waals surface area contributed by atoms with Gasteiger partial charge in [0, 0.05) is 19.5 Å². The minimum absolute atomic E-state index is 0.000502. The highest BCUT2D eigenvalue weighted by Crippen LogP contribution is 2.15. The van der Waals surface area contributed by atoms with Gasteiger partial charge in [-0.15, -0.1) is 11.6 Å². The average Bonchev–Trinajstić information content (AvgIpc) is 2.37. The summed E-state index contributed by atoms with van der Waals surface area (Å²) in [4.78, 5) is 14.0. The number of halogens is 1. The molecule has 1 rings (SSSR count). The van der Waals surface area contributed by atoms with Crippen molar-refractivity contribution in [1.29, 1.82) is 0 Å². The van der Waals surface area contributed by atoms with Gasteiger partial charge in [0.1, 0.15) is 0 Å². The molecular weight excluding hydrogens is 250 g/mol. The van der Waals surface area contributed by atoms with Crippen LogP contribution in [0.2, 0.25) is 0 Å². The quantitative estimate of drug-likeness (QED) is 0.527. The number of hydrogen-bond donors (Lipinski definition) is 0. The highest BCUT2D eigenvalue weighted by Gasteiger charge is 2.27. The molecule has 0 aromatic carbocycles. The minimum atomic E-state index is -0.000502. The number of nitrogens with zero attached hydrogens (tertiary/aromatic N) is 1. The molecule has 0 saturated carbocycles. The number of ether oxygens (including phenoxy) is 1. The van der Waals surface area contributed by atoms with E-state index in [2.05, 4.69) is 6.92 Å². The van der Waals surface area contributed by atoms with Gasteiger partial charge in [0.2, 0.25) is 5.91 Å². The first-order chi connectivity index (χ1) is 8.67. The summed E-state index contributed by atoms with van der Waals surface area (Å²) < 4.78 is 5.65. The van der Waals surface area contributed by atoms with Crippen LogP contribution in [0.4, 0.5) is 0 Å². The van der Waals surface area contributed by atoms with Crippen LogP contribution in [0.25, 0.3) is 0 Å². The zero-order valence-electron chi connectivity index (χ0n) is 11.7. The Morgan fingerprint density at radius 2 is 2.00 bits per heavy atom. The maximum atomic E-state index is 12.1. The van der Waals surface area contributed by atoms with E-state index < -0.39 is 0 Å². The van der Waals surface area contributed by atoms with Crippen LogP contribution in [0.15, 0.2) is 0 Å². The molecule has 0 radical (unpaired) electrons. The Hall–Kier alpha value is -0.280. The second-order valence-corrected chi connectivity index (χ2v) is 5.49. The lowest BCUT2D eigenvalue weighted by atomic mass is 10.1. The van der Waals surface area contributed by atoms with Gasteiger partial charge >= 0.3 is 0 Å². The fourth-order valence-electron chi connectivity index (χ4n) is 2.37. The molecule has 1 amide bonds. The van der Waals surface area contributed by atoms with Gasteiger partial charge in [-0.2, -0.15) is 0 Å². The van der Waals surface area contributed by atoms with E-state index in [0.29, 0.717) is 25.4 Å². The van der Waals surface area contributed by atoms with Gasteiger partial charge in [0.15, 0.2) is 0 Å². The minimum Gasteiger partial charge on any atom is -0.370 e. The lowest BCUT2D eigenvalue weighted by Crippen LogP contribution is -2.49. The van der Waals surface area contributed by atoms with E-state index in [1.165, 1.54) is 25.7 Å². The first kappa shape index (κ1) is 15.8. The van der Waals surface area contributed by atoms with E-state index in [4.69, 9.17) is 16.3 Å². The van der Waals surface area contributed by atoms with Gasteiger partial charge in [-0.1, -0.05) is 32.6 Å². The number of alkyl halides is 1. The van der Waals surface area contributed by atoms with E-state index >= 15 is 0 Å². The Bertz CT molecular complexity index is 248. The van der Waals surface area contributed by atoms with Crippen LogP contribution in [0.1, 0.15) is 52.4 Å². The Kier molecular flexibility index (Phi) is 7.68. The first-order valence-electron chi connectivity index (χ1n) is 7.16. The van der Waals surface area contributed by atoms with Crippen LogP contribution in [-0.2, 0) is 9.53 Å². The highest BCUT2D eigenvalue weighted by atomic mass is 35.5. The number of carbonyl (C=O) groups is 1. The molecule has 1 heterocycles. The summed E-state index contributed by atoms with van der Waals surface area (Å²) in [6, 6.07) is 0. The summed E-state index contributed by atoms with van der Waals surface area (Å²) >= 11 is 5.81. The number of morpholine rings is 1. The topological polar surface area (TPSA) is 29.5 Å². The molecule has 1 aliphatic rings. The van der Waals surface area contributed by atoms with Gasteiger partial charge in [0.05, 0.1) is 18.1 Å². The molecule has 0 aromatic heterocycles. The normalized spacial score (nSPS) is 24.3. The van der Waals surface area contributed by atoms with Crippen LogP contribution in [-0.4, -0.2) is 42.0 Å². The summed E-state index contributed by atoms with van der Waals surface area (Å²) in [6.07, 6.45) is 6.71. The van der Waals surface area contributed by atoms with E-state index in [-0.39, 0.29) is 18.1 Å². The summed E-state index contributed by atoms with van der Waals surface area (Å²) in [7, 11) is 0. The zero-order chi connectivity index (χ0) is 13.4. The number of carbonyl (C=O) groups excluding carboxylic acids is 1. The zero-order valence-corrected chi connectivity index (χ0v) is 12.4. The molecule has 2 atom stereocenters. The van der Waals surface area contributed by atoms with Crippen LogP contribution in [0, 0.1) is 0 Å². The van der Waals surface area contributed by atoms with Crippen LogP contribution >= 0.6 is 11.6 Å². The molecule has 1 saturated heterocycles. The standard InChI is InChI=1S/C14H26ClNO2/c1-3-4-5-6-7-8-14(17)16-10-12(2)18-13(9-15)11-16/h12-13H,3-11H2,1-2H3. The SMILES string of the molecule is CCCCCCCC(=O)N1CC(C)OC(CCl)C1. The van der Waals surface area contributed by atoms with Gasteiger partial charge < -0.3 is 9.64 Å². The molecule has 1 fully saturated rings. The molecule has 1 aliphatic heterocycles. The molecule has 18 heavy (non-hydrogen) atoms. The Balaban J connectivity index is 2.23. The molecule has 0 aliphatic carbocycles. The number of hydrogen-bond acceptors (Lipinski definition) is 2. The third kappa shape index (κ3) is 5.57. The maximum absolute atomic E-state index is 12.1. The highest BCUT2D eigenvalue weighted by molar-refractivity contribution is 6.18. The summed E-state index contributed by atoms with van der Waals surface area (Å²) in [6.45, 7) is 5.57. The molecule has 0 N–H and O–H groups in total. The van der Waals surface area contributed by atoms with Gasteiger partial charge in [0.25, 0.3) is 0 Å². The summed E-state index contributed by atoms with van der Waals surface area (Å²) in [5.41, 5.74) is 0. The Morgan fingerprint density at radius 3 is 2.67 bits per heavy atom. The molecule has 0 aromatic rings. The maximum Gasteiger partial charge on any atom is 0.222 e. The van der Waals surface area contributed by atoms with Crippen molar-refractivity contribution < 1.29 is 9.53 Å². The van der Waals surface area contributed by atoms with Crippen molar-refractivity contribution in [3.63, 3.8) is 0 Å². The second-order valence-electron chi connectivity index (χ2n) is 5.19. The van der Waals surface area contributed by atoms with Crippen LogP contribution < -0.4 is 0 Å². The number of rotatable bonds is 7. The van der Waals surface area contributed by atoms with Crippen molar-refractivity contribution in [2.75, 3.05) is 19.0 Å². The van der Waals surface area contributed by atoms with Crippen molar-refractivity contribution in [2.45, 2.75) is 64.6 Å². The largest absolute Gasteiger partial charge is 0.370 e. The molecule has 0 spiro atoms. The Morgan fingerprint density at radius 1 is 1.28 bits per heavy atom. The predicted octanol–water partition coefficient (Wildman–Crippen LogP) is 3.20. The van der Waals surface area contributed by atoms with Crippen molar-refractivity contribution in [3.05, 3.63) is 0 Å². The first-order valence-corrected chi connectivity index (χ1v) is 7.70. The fourth-order valence-corrected chi connectivity index (χ4v) is 2.54. The molecule has 4 heteroatoms. The molecule has 0 bridgehead atoms. The van der Waals surface area contributed by atoms with Gasteiger partial charge in [-0.3, -0.25) is 4.79 Å². The van der Waals surface area contributed by atoms with Gasteiger partial charge in [-0.05, 0) is 13.3 Å². The summed E-state index contributed by atoms with van der Waals surface area (Å²) in [5.74, 6) is 0.724. The van der Waals surface area contributed by atoms with E-state index in [9.17, 15) is 4.79 Å². The van der Waals surface area contributed by atoms with Crippen molar-refractivity contribution in [3.8, 4) is 0 Å². The van der Waals surface area contributed by atoms with Crippen molar-refractivity contribution >= 4 is 17.5 Å². The second kappa shape index (κ2) is 8.76. The molecule has 3 nitrogen and oxygen atoms in total. The van der Waals surface area contributed by atoms with Crippen LogP contribution in [0.5, 0.6) is 0 Å². The molecule has 106 valence electrons. The predicted molar refractivity (Wildman–Crippen MR) is 75.0 cm³/mol. The van der Waals surface area contributed by atoms with E-state index in [0.717, 1.165) is 6.42 Å². The van der Waals surface area contributed by atoms with Crippen molar-refractivity contribution in [1.82, 2.24) is 4.90 Å². The number of amides is 1. The monoisotopic (exact) mass is 275 g/mol. The fraction of sp³-hybridized carbons (Fsp3) is 0.929. The van der Waals surface area contributed by atoms with Crippen molar-refractivity contribution in [2.24, 2.45) is 0 Å². The third-order valence-corrected chi connectivity index (χ3v) is 3.69. The molecule has 2 unspecified atom stereocenters. The average molecular weight is 276 g/mol. The lowest BCUT2D eigenvalue weighted by Gasteiger charge is -2.36. The van der Waals surface area contributed by atoms with Crippen LogP contribution in [0.3, 0.4) is 0 Å². The Labute approximate surface area is 116 Å². The van der Waals surface area contributed by atoms with Gasteiger partial charge in [-0.25, -0.2) is 0 Å².